The molecule has 3 amide bonds. The largest absolute Gasteiger partial charge is 0.353 e. The van der Waals surface area contributed by atoms with Gasteiger partial charge in [-0.05, 0) is 56.9 Å². The summed E-state index contributed by atoms with van der Waals surface area (Å²) in [5.74, 6) is 0.0411. The van der Waals surface area contributed by atoms with Crippen LogP contribution in [0.3, 0.4) is 0 Å². The lowest BCUT2D eigenvalue weighted by atomic mass is 9.95. The summed E-state index contributed by atoms with van der Waals surface area (Å²) in [4.78, 5) is 38.3. The fraction of sp³-hybridized carbons (Fsp3) is 0.571. The Balaban J connectivity index is 1.86. The molecule has 2 rings (SSSR count). The third-order valence-electron chi connectivity index (χ3n) is 5.05. The van der Waals surface area contributed by atoms with Crippen molar-refractivity contribution in [2.75, 3.05) is 18.4 Å². The highest BCUT2D eigenvalue weighted by atomic mass is 16.2. The lowest BCUT2D eigenvalue weighted by molar-refractivity contribution is -0.127. The first-order valence-corrected chi connectivity index (χ1v) is 9.94. The lowest BCUT2D eigenvalue weighted by Crippen LogP contribution is -2.44. The van der Waals surface area contributed by atoms with Crippen molar-refractivity contribution < 1.29 is 14.4 Å². The van der Waals surface area contributed by atoms with Crippen molar-refractivity contribution in [2.45, 2.75) is 58.9 Å². The van der Waals surface area contributed by atoms with Gasteiger partial charge in [0.15, 0.2) is 0 Å². The number of carbonyl (C=O) groups is 3. The van der Waals surface area contributed by atoms with Gasteiger partial charge in [0.1, 0.15) is 0 Å². The van der Waals surface area contributed by atoms with E-state index in [-0.39, 0.29) is 29.7 Å². The van der Waals surface area contributed by atoms with Crippen LogP contribution in [-0.2, 0) is 9.59 Å². The number of carbonyl (C=O) groups excluding carboxylic acids is 3. The summed E-state index contributed by atoms with van der Waals surface area (Å²) in [5, 5.41) is 5.85. The molecule has 1 aromatic carbocycles. The van der Waals surface area contributed by atoms with Gasteiger partial charge < -0.3 is 15.5 Å². The highest BCUT2D eigenvalue weighted by Crippen LogP contribution is 2.20. The predicted molar refractivity (Wildman–Crippen MR) is 107 cm³/mol. The average Bonchev–Trinajstić information content (AvgIpc) is 2.68. The minimum atomic E-state index is -0.0257. The first kappa shape index (κ1) is 20.9. The van der Waals surface area contributed by atoms with Crippen LogP contribution in [0.2, 0.25) is 0 Å². The van der Waals surface area contributed by atoms with Crippen molar-refractivity contribution in [1.82, 2.24) is 10.2 Å². The van der Waals surface area contributed by atoms with Crippen molar-refractivity contribution in [3.05, 3.63) is 29.8 Å². The number of hydrogen-bond acceptors (Lipinski definition) is 3. The number of nitrogens with zero attached hydrogens (tertiary/aromatic N) is 1. The van der Waals surface area contributed by atoms with E-state index in [1.807, 2.05) is 20.8 Å². The minimum absolute atomic E-state index is 0.0146. The summed E-state index contributed by atoms with van der Waals surface area (Å²) >= 11 is 0. The van der Waals surface area contributed by atoms with Crippen LogP contribution in [-0.4, -0.2) is 41.8 Å². The van der Waals surface area contributed by atoms with Gasteiger partial charge in [-0.15, -0.1) is 0 Å². The second-order valence-corrected chi connectivity index (χ2v) is 7.26. The van der Waals surface area contributed by atoms with Gasteiger partial charge >= 0.3 is 0 Å². The molecule has 1 aliphatic heterocycles. The molecular weight excluding hydrogens is 342 g/mol. The standard InChI is InChI=1S/C21H31N3O3/c1-4-6-19(25)23-18-9-7-17(8-10-18)21(27)24-13-11-16(12-14-24)20(26)22-15(3)5-2/h7-10,15-16H,4-6,11-14H2,1-3H3,(H,22,26)(H,23,25)/t15-/m0/s1. The molecular formula is C21H31N3O3. The van der Waals surface area contributed by atoms with E-state index in [2.05, 4.69) is 10.6 Å². The number of likely N-dealkylation sites (tertiary alicyclic amines) is 1. The van der Waals surface area contributed by atoms with E-state index >= 15 is 0 Å². The Labute approximate surface area is 161 Å². The number of piperidine rings is 1. The van der Waals surface area contributed by atoms with Gasteiger partial charge in [0.2, 0.25) is 11.8 Å². The molecule has 1 aliphatic rings. The van der Waals surface area contributed by atoms with Gasteiger partial charge in [0.05, 0.1) is 0 Å². The highest BCUT2D eigenvalue weighted by Gasteiger charge is 2.28. The van der Waals surface area contributed by atoms with Gasteiger partial charge in [0.25, 0.3) is 5.91 Å². The number of anilines is 1. The van der Waals surface area contributed by atoms with Gasteiger partial charge in [0, 0.05) is 42.7 Å². The Morgan fingerprint density at radius 3 is 2.30 bits per heavy atom. The van der Waals surface area contributed by atoms with E-state index in [0.29, 0.717) is 43.6 Å². The van der Waals surface area contributed by atoms with Crippen LogP contribution < -0.4 is 10.6 Å². The molecule has 0 unspecified atom stereocenters. The Hall–Kier alpha value is -2.37. The lowest BCUT2D eigenvalue weighted by Gasteiger charge is -2.32. The number of nitrogens with one attached hydrogen (secondary N) is 2. The average molecular weight is 373 g/mol. The van der Waals surface area contributed by atoms with Crippen LogP contribution in [0, 0.1) is 5.92 Å². The molecule has 0 radical (unpaired) electrons. The van der Waals surface area contributed by atoms with Crippen molar-refractivity contribution >= 4 is 23.4 Å². The second kappa shape index (κ2) is 10.1. The maximum atomic E-state index is 12.7. The summed E-state index contributed by atoms with van der Waals surface area (Å²) in [6.45, 7) is 7.19. The predicted octanol–water partition coefficient (Wildman–Crippen LogP) is 3.19. The van der Waals surface area contributed by atoms with Crippen molar-refractivity contribution in [1.29, 1.82) is 0 Å². The van der Waals surface area contributed by atoms with Gasteiger partial charge in [-0.25, -0.2) is 0 Å². The summed E-state index contributed by atoms with van der Waals surface area (Å²) in [7, 11) is 0. The molecule has 0 aromatic heterocycles. The molecule has 6 nitrogen and oxygen atoms in total. The van der Waals surface area contributed by atoms with Crippen molar-refractivity contribution in [3.8, 4) is 0 Å². The molecule has 1 heterocycles. The molecule has 0 spiro atoms. The molecule has 1 saturated heterocycles. The first-order valence-electron chi connectivity index (χ1n) is 9.94. The highest BCUT2D eigenvalue weighted by molar-refractivity contribution is 5.96. The first-order chi connectivity index (χ1) is 12.9. The molecule has 6 heteroatoms. The third kappa shape index (κ3) is 6.08. The number of rotatable bonds is 7. The number of benzene rings is 1. The van der Waals surface area contributed by atoms with E-state index < -0.39 is 0 Å². The Bertz CT molecular complexity index is 649. The molecule has 1 aromatic rings. The Kier molecular flexibility index (Phi) is 7.82. The molecule has 27 heavy (non-hydrogen) atoms. The summed E-state index contributed by atoms with van der Waals surface area (Å²) in [6.07, 6.45) is 3.59. The van der Waals surface area contributed by atoms with E-state index in [1.54, 1.807) is 29.2 Å². The molecule has 0 aliphatic carbocycles. The van der Waals surface area contributed by atoms with Gasteiger partial charge in [-0.3, -0.25) is 14.4 Å². The zero-order chi connectivity index (χ0) is 19.8. The topological polar surface area (TPSA) is 78.5 Å². The molecule has 1 atom stereocenters. The number of amides is 3. The minimum Gasteiger partial charge on any atom is -0.353 e. The van der Waals surface area contributed by atoms with Crippen molar-refractivity contribution in [3.63, 3.8) is 0 Å². The zero-order valence-corrected chi connectivity index (χ0v) is 16.6. The number of hydrogen-bond donors (Lipinski definition) is 2. The second-order valence-electron chi connectivity index (χ2n) is 7.26. The molecule has 1 fully saturated rings. The summed E-state index contributed by atoms with van der Waals surface area (Å²) in [5.41, 5.74) is 1.30. The van der Waals surface area contributed by atoms with Crippen LogP contribution in [0.15, 0.2) is 24.3 Å². The summed E-state index contributed by atoms with van der Waals surface area (Å²) < 4.78 is 0. The quantitative estimate of drug-likeness (QED) is 0.770. The Morgan fingerprint density at radius 1 is 1.11 bits per heavy atom. The third-order valence-corrected chi connectivity index (χ3v) is 5.05. The Morgan fingerprint density at radius 2 is 1.74 bits per heavy atom. The van der Waals surface area contributed by atoms with Crippen LogP contribution in [0.5, 0.6) is 0 Å². The van der Waals surface area contributed by atoms with Crippen LogP contribution >= 0.6 is 0 Å². The van der Waals surface area contributed by atoms with E-state index in [1.165, 1.54) is 0 Å². The smallest absolute Gasteiger partial charge is 0.253 e. The van der Waals surface area contributed by atoms with E-state index in [0.717, 1.165) is 12.8 Å². The molecule has 148 valence electrons. The molecule has 0 bridgehead atoms. The van der Waals surface area contributed by atoms with E-state index in [4.69, 9.17) is 0 Å². The maximum Gasteiger partial charge on any atom is 0.253 e. The van der Waals surface area contributed by atoms with E-state index in [9.17, 15) is 14.4 Å². The normalized spacial score (nSPS) is 15.9. The SMILES string of the molecule is CCCC(=O)Nc1ccc(C(=O)N2CCC(C(=O)N[C@@H](C)CC)CC2)cc1. The zero-order valence-electron chi connectivity index (χ0n) is 16.6. The molecule has 0 saturated carbocycles. The fourth-order valence-electron chi connectivity index (χ4n) is 3.14. The van der Waals surface area contributed by atoms with Crippen LogP contribution in [0.1, 0.15) is 63.2 Å². The monoisotopic (exact) mass is 373 g/mol. The van der Waals surface area contributed by atoms with Gasteiger partial charge in [-0.1, -0.05) is 13.8 Å². The van der Waals surface area contributed by atoms with Crippen LogP contribution in [0.25, 0.3) is 0 Å². The molecule has 2 N–H and O–H groups in total. The van der Waals surface area contributed by atoms with Gasteiger partial charge in [-0.2, -0.15) is 0 Å². The van der Waals surface area contributed by atoms with Crippen molar-refractivity contribution in [2.24, 2.45) is 5.92 Å². The fourth-order valence-corrected chi connectivity index (χ4v) is 3.14. The summed E-state index contributed by atoms with van der Waals surface area (Å²) in [6, 6.07) is 7.19. The van der Waals surface area contributed by atoms with Crippen LogP contribution in [0.4, 0.5) is 5.69 Å². The maximum absolute atomic E-state index is 12.7.